The fourth-order valence-corrected chi connectivity index (χ4v) is 2.21. The van der Waals surface area contributed by atoms with Gasteiger partial charge in [0.1, 0.15) is 18.1 Å². The van der Waals surface area contributed by atoms with Gasteiger partial charge in [-0.05, 0) is 55.0 Å². The molecular formula is C19H19N3O3. The average molecular weight is 337 g/mol. The number of hydrogen-bond acceptors (Lipinski definition) is 4. The van der Waals surface area contributed by atoms with Crippen molar-refractivity contribution < 1.29 is 14.3 Å². The highest BCUT2D eigenvalue weighted by atomic mass is 16.5. The van der Waals surface area contributed by atoms with Crippen LogP contribution in [0.25, 0.3) is 5.69 Å². The molecule has 1 amide bonds. The molecule has 2 N–H and O–H groups in total. The van der Waals surface area contributed by atoms with Crippen molar-refractivity contribution in [2.45, 2.75) is 19.6 Å². The average Bonchev–Trinajstić information content (AvgIpc) is 3.16. The molecule has 0 fully saturated rings. The summed E-state index contributed by atoms with van der Waals surface area (Å²) in [6.07, 6.45) is 2.98. The highest BCUT2D eigenvalue weighted by Gasteiger charge is 2.09. The second-order valence-electron chi connectivity index (χ2n) is 5.54. The number of nitrogens with zero attached hydrogens (tertiary/aromatic N) is 2. The summed E-state index contributed by atoms with van der Waals surface area (Å²) in [5, 5.41) is 4.19. The van der Waals surface area contributed by atoms with E-state index in [1.54, 1.807) is 42.1 Å². The molecule has 0 aliphatic heterocycles. The van der Waals surface area contributed by atoms with E-state index in [0.717, 1.165) is 17.0 Å². The Morgan fingerprint density at radius 3 is 2.40 bits per heavy atom. The number of carbonyl (C=O) groups is 1. The molecule has 3 aromatic rings. The van der Waals surface area contributed by atoms with Crippen LogP contribution in [0.3, 0.4) is 0 Å². The molecule has 0 radical (unpaired) electrons. The summed E-state index contributed by atoms with van der Waals surface area (Å²) in [5.41, 5.74) is 7.23. The van der Waals surface area contributed by atoms with E-state index in [9.17, 15) is 4.79 Å². The lowest BCUT2D eigenvalue weighted by atomic mass is 10.2. The number of rotatable bonds is 7. The van der Waals surface area contributed by atoms with Gasteiger partial charge in [0.2, 0.25) is 0 Å². The topological polar surface area (TPSA) is 79.4 Å². The Morgan fingerprint density at radius 1 is 1.12 bits per heavy atom. The Labute approximate surface area is 145 Å². The van der Waals surface area contributed by atoms with Crippen LogP contribution in [-0.4, -0.2) is 21.8 Å². The van der Waals surface area contributed by atoms with Crippen molar-refractivity contribution in [3.63, 3.8) is 0 Å². The van der Waals surface area contributed by atoms with Crippen molar-refractivity contribution >= 4 is 5.91 Å². The van der Waals surface area contributed by atoms with Crippen molar-refractivity contribution in [2.75, 3.05) is 0 Å². The fourth-order valence-electron chi connectivity index (χ4n) is 2.21. The molecule has 0 saturated carbocycles. The second-order valence-corrected chi connectivity index (χ2v) is 5.54. The van der Waals surface area contributed by atoms with Crippen molar-refractivity contribution in [1.82, 2.24) is 9.78 Å². The van der Waals surface area contributed by atoms with Crippen LogP contribution in [-0.2, 0) is 11.4 Å². The van der Waals surface area contributed by atoms with Gasteiger partial charge in [0, 0.05) is 12.4 Å². The number of hydrogen-bond donors (Lipinski definition) is 1. The quantitative estimate of drug-likeness (QED) is 0.719. The van der Waals surface area contributed by atoms with Gasteiger partial charge in [-0.1, -0.05) is 12.1 Å². The maximum absolute atomic E-state index is 11.0. The number of ether oxygens (including phenoxy) is 2. The number of carbonyl (C=O) groups excluding carboxylic acids is 1. The van der Waals surface area contributed by atoms with E-state index in [1.807, 2.05) is 36.5 Å². The maximum Gasteiger partial charge on any atom is 0.258 e. The van der Waals surface area contributed by atoms with Crippen molar-refractivity contribution in [3.8, 4) is 17.2 Å². The third-order valence-electron chi connectivity index (χ3n) is 3.65. The third kappa shape index (κ3) is 4.38. The zero-order valence-electron chi connectivity index (χ0n) is 13.8. The normalized spacial score (nSPS) is 11.7. The second kappa shape index (κ2) is 7.53. The Hall–Kier alpha value is -3.28. The van der Waals surface area contributed by atoms with Crippen LogP contribution in [0.5, 0.6) is 11.5 Å². The van der Waals surface area contributed by atoms with Crippen LogP contribution in [0.1, 0.15) is 12.5 Å². The number of benzene rings is 2. The van der Waals surface area contributed by atoms with Crippen LogP contribution in [0.15, 0.2) is 67.0 Å². The molecular weight excluding hydrogens is 318 g/mol. The summed E-state index contributed by atoms with van der Waals surface area (Å²) in [7, 11) is 0. The van der Waals surface area contributed by atoms with Gasteiger partial charge in [0.05, 0.1) is 5.69 Å². The highest BCUT2D eigenvalue weighted by Crippen LogP contribution is 2.20. The van der Waals surface area contributed by atoms with E-state index in [1.165, 1.54) is 0 Å². The Morgan fingerprint density at radius 2 is 1.80 bits per heavy atom. The van der Waals surface area contributed by atoms with Gasteiger partial charge in [0.15, 0.2) is 6.10 Å². The monoisotopic (exact) mass is 337 g/mol. The molecule has 25 heavy (non-hydrogen) atoms. The van der Waals surface area contributed by atoms with Gasteiger partial charge in [0.25, 0.3) is 5.91 Å². The number of primary amides is 1. The molecule has 0 saturated heterocycles. The lowest BCUT2D eigenvalue weighted by Gasteiger charge is -2.12. The van der Waals surface area contributed by atoms with E-state index in [2.05, 4.69) is 5.10 Å². The Bertz CT molecular complexity index is 812. The summed E-state index contributed by atoms with van der Waals surface area (Å²) >= 11 is 0. The minimum atomic E-state index is -0.667. The van der Waals surface area contributed by atoms with Crippen molar-refractivity contribution in [3.05, 3.63) is 72.6 Å². The summed E-state index contributed by atoms with van der Waals surface area (Å²) in [4.78, 5) is 11.0. The zero-order valence-corrected chi connectivity index (χ0v) is 13.8. The van der Waals surface area contributed by atoms with Crippen molar-refractivity contribution in [1.29, 1.82) is 0 Å². The SMILES string of the molecule is C[C@@H](Oc1ccc(OCc2ccc(-n3cccn3)cc2)cc1)C(N)=O. The standard InChI is InChI=1S/C19H19N3O3/c1-14(19(20)23)25-18-9-7-17(8-10-18)24-13-15-3-5-16(6-4-15)22-12-2-11-21-22/h2-12,14H,13H2,1H3,(H2,20,23)/t14-/m1/s1. The van der Waals surface area contributed by atoms with Gasteiger partial charge in [-0.3, -0.25) is 4.79 Å². The largest absolute Gasteiger partial charge is 0.489 e. The molecule has 2 aromatic carbocycles. The molecule has 0 spiro atoms. The molecule has 1 aromatic heterocycles. The predicted molar refractivity (Wildman–Crippen MR) is 93.6 cm³/mol. The highest BCUT2D eigenvalue weighted by molar-refractivity contribution is 5.78. The number of aromatic nitrogens is 2. The first-order valence-electron chi connectivity index (χ1n) is 7.89. The predicted octanol–water partition coefficient (Wildman–Crippen LogP) is 2.70. The minimum absolute atomic E-state index is 0.456. The Kier molecular flexibility index (Phi) is 4.99. The zero-order chi connectivity index (χ0) is 17.6. The first-order valence-corrected chi connectivity index (χ1v) is 7.89. The fraction of sp³-hybridized carbons (Fsp3) is 0.158. The van der Waals surface area contributed by atoms with Crippen LogP contribution in [0, 0.1) is 0 Å². The van der Waals surface area contributed by atoms with Crippen LogP contribution < -0.4 is 15.2 Å². The molecule has 1 heterocycles. The molecule has 6 heteroatoms. The molecule has 0 aliphatic carbocycles. The van der Waals surface area contributed by atoms with Gasteiger partial charge in [-0.2, -0.15) is 5.10 Å². The first kappa shape index (κ1) is 16.6. The van der Waals surface area contributed by atoms with E-state index >= 15 is 0 Å². The summed E-state index contributed by atoms with van der Waals surface area (Å²) in [5.74, 6) is 0.788. The van der Waals surface area contributed by atoms with Crippen LogP contribution in [0.4, 0.5) is 0 Å². The molecule has 128 valence electrons. The molecule has 3 rings (SSSR count). The van der Waals surface area contributed by atoms with Crippen LogP contribution in [0.2, 0.25) is 0 Å². The summed E-state index contributed by atoms with van der Waals surface area (Å²) in [6, 6.07) is 17.0. The maximum atomic E-state index is 11.0. The van der Waals surface area contributed by atoms with Gasteiger partial charge < -0.3 is 15.2 Å². The number of nitrogens with two attached hydrogens (primary N) is 1. The molecule has 0 aliphatic rings. The molecule has 0 bridgehead atoms. The van der Waals surface area contributed by atoms with Gasteiger partial charge >= 0.3 is 0 Å². The van der Waals surface area contributed by atoms with Crippen molar-refractivity contribution in [2.24, 2.45) is 5.73 Å². The third-order valence-corrected chi connectivity index (χ3v) is 3.65. The summed E-state index contributed by atoms with van der Waals surface area (Å²) < 4.78 is 13.0. The summed E-state index contributed by atoms with van der Waals surface area (Å²) in [6.45, 7) is 2.07. The Balaban J connectivity index is 1.55. The lowest BCUT2D eigenvalue weighted by Crippen LogP contribution is -2.30. The smallest absolute Gasteiger partial charge is 0.258 e. The molecule has 6 nitrogen and oxygen atoms in total. The van der Waals surface area contributed by atoms with E-state index in [4.69, 9.17) is 15.2 Å². The van der Waals surface area contributed by atoms with Gasteiger partial charge in [-0.15, -0.1) is 0 Å². The molecule has 1 atom stereocenters. The van der Waals surface area contributed by atoms with E-state index in [0.29, 0.717) is 12.4 Å². The first-order chi connectivity index (χ1) is 12.1. The van der Waals surface area contributed by atoms with Crippen LogP contribution >= 0.6 is 0 Å². The van der Waals surface area contributed by atoms with E-state index in [-0.39, 0.29) is 0 Å². The minimum Gasteiger partial charge on any atom is -0.489 e. The van der Waals surface area contributed by atoms with E-state index < -0.39 is 12.0 Å². The lowest BCUT2D eigenvalue weighted by molar-refractivity contribution is -0.123. The molecule has 0 unspecified atom stereocenters. The number of amides is 1. The van der Waals surface area contributed by atoms with Gasteiger partial charge in [-0.25, -0.2) is 4.68 Å².